The second kappa shape index (κ2) is 10.8. The number of nitrogens with two attached hydrogens (primary N) is 1. The lowest BCUT2D eigenvalue weighted by Gasteiger charge is -2.40. The van der Waals surface area contributed by atoms with E-state index in [2.05, 4.69) is 61.2 Å². The van der Waals surface area contributed by atoms with Crippen LogP contribution in [0.2, 0.25) is 0 Å². The van der Waals surface area contributed by atoms with E-state index in [1.807, 2.05) is 6.92 Å². The van der Waals surface area contributed by atoms with Gasteiger partial charge < -0.3 is 20.9 Å². The van der Waals surface area contributed by atoms with Gasteiger partial charge in [-0.2, -0.15) is 0 Å². The maximum absolute atomic E-state index is 13.5. The number of aryl methyl sites for hydroxylation is 1. The molecule has 2 aromatic heterocycles. The Kier molecular flexibility index (Phi) is 7.66. The minimum atomic E-state index is -0.649. The number of pyridine rings is 1. The van der Waals surface area contributed by atoms with Gasteiger partial charge in [-0.05, 0) is 73.4 Å². The van der Waals surface area contributed by atoms with Gasteiger partial charge in [0.15, 0.2) is 0 Å². The third-order valence-electron chi connectivity index (χ3n) is 8.10. The van der Waals surface area contributed by atoms with Gasteiger partial charge in [0, 0.05) is 25.6 Å². The molecule has 1 aromatic carbocycles. The summed E-state index contributed by atoms with van der Waals surface area (Å²) in [7, 11) is 2.19. The van der Waals surface area contributed by atoms with Crippen molar-refractivity contribution in [3.05, 3.63) is 46.6 Å². The first kappa shape index (κ1) is 27.5. The molecule has 2 saturated heterocycles. The molecule has 3 aromatic rings. The van der Waals surface area contributed by atoms with Crippen LogP contribution in [-0.4, -0.2) is 58.3 Å². The van der Waals surface area contributed by atoms with Crippen LogP contribution in [0.5, 0.6) is 0 Å². The van der Waals surface area contributed by atoms with Crippen LogP contribution in [0.15, 0.2) is 30.5 Å². The molecule has 39 heavy (non-hydrogen) atoms. The zero-order valence-electron chi connectivity index (χ0n) is 23.7. The number of benzene rings is 1. The Morgan fingerprint density at radius 2 is 2.00 bits per heavy atom. The zero-order valence-corrected chi connectivity index (χ0v) is 24.5. The van der Waals surface area contributed by atoms with Gasteiger partial charge in [-0.3, -0.25) is 9.59 Å². The maximum atomic E-state index is 13.5. The average Bonchev–Trinajstić information content (AvgIpc) is 3.32. The summed E-state index contributed by atoms with van der Waals surface area (Å²) in [5, 5.41) is 3.93. The van der Waals surface area contributed by atoms with Crippen molar-refractivity contribution in [3.8, 4) is 0 Å². The molecule has 9 heteroatoms. The molecule has 2 aliphatic rings. The highest BCUT2D eigenvalue weighted by Crippen LogP contribution is 2.41. The Morgan fingerprint density at radius 3 is 2.74 bits per heavy atom. The van der Waals surface area contributed by atoms with E-state index in [1.54, 1.807) is 22.3 Å². The van der Waals surface area contributed by atoms with E-state index >= 15 is 0 Å². The van der Waals surface area contributed by atoms with Crippen LogP contribution in [0, 0.1) is 11.3 Å². The monoisotopic (exact) mass is 548 g/mol. The summed E-state index contributed by atoms with van der Waals surface area (Å²) in [6.45, 7) is 11.4. The first-order valence-corrected chi connectivity index (χ1v) is 14.8. The third-order valence-corrected chi connectivity index (χ3v) is 9.30. The molecule has 2 amide bonds. The van der Waals surface area contributed by atoms with Crippen LogP contribution >= 0.6 is 11.3 Å². The fourth-order valence-electron chi connectivity index (χ4n) is 6.39. The number of likely N-dealkylation sites (tertiary alicyclic amines) is 2. The SMILES string of the molecule is CCc1cc(NC(=O)C(=O)N2C[C@@H](C)CC[C@@H]2c2ccc3sc([C@H]4CN(C)CC(C)(C)C4)nc3c2)cnc1N. The van der Waals surface area contributed by atoms with Gasteiger partial charge in [-0.25, -0.2) is 9.97 Å². The predicted molar refractivity (Wildman–Crippen MR) is 158 cm³/mol. The molecule has 0 bridgehead atoms. The van der Waals surface area contributed by atoms with E-state index in [9.17, 15) is 9.59 Å². The number of hydrogen-bond donors (Lipinski definition) is 2. The topological polar surface area (TPSA) is 104 Å². The predicted octanol–water partition coefficient (Wildman–Crippen LogP) is 5.22. The van der Waals surface area contributed by atoms with Crippen molar-refractivity contribution in [3.63, 3.8) is 0 Å². The molecule has 3 N–H and O–H groups in total. The number of carbonyl (C=O) groups excluding carboxylic acids is 2. The van der Waals surface area contributed by atoms with E-state index in [0.29, 0.717) is 36.3 Å². The summed E-state index contributed by atoms with van der Waals surface area (Å²) in [5.74, 6) is 0.0142. The Hall–Kier alpha value is -3.04. The normalized spacial score (nSPS) is 23.6. The van der Waals surface area contributed by atoms with Crippen molar-refractivity contribution in [1.82, 2.24) is 19.8 Å². The average molecular weight is 549 g/mol. The first-order chi connectivity index (χ1) is 18.5. The molecule has 0 unspecified atom stereocenters. The summed E-state index contributed by atoms with van der Waals surface area (Å²) < 4.78 is 1.17. The first-order valence-electron chi connectivity index (χ1n) is 14.0. The molecular weight excluding hydrogens is 508 g/mol. The summed E-state index contributed by atoms with van der Waals surface area (Å²) >= 11 is 1.78. The third kappa shape index (κ3) is 5.94. The number of nitrogens with one attached hydrogen (secondary N) is 1. The van der Waals surface area contributed by atoms with E-state index in [4.69, 9.17) is 10.7 Å². The quantitative estimate of drug-likeness (QED) is 0.433. The van der Waals surface area contributed by atoms with Crippen molar-refractivity contribution in [2.45, 2.75) is 65.3 Å². The summed E-state index contributed by atoms with van der Waals surface area (Å²) in [6.07, 6.45) is 5.13. The minimum Gasteiger partial charge on any atom is -0.383 e. The molecule has 4 heterocycles. The van der Waals surface area contributed by atoms with Crippen molar-refractivity contribution in [1.29, 1.82) is 0 Å². The summed E-state index contributed by atoms with van der Waals surface area (Å²) in [6, 6.07) is 7.99. The number of hydrogen-bond acceptors (Lipinski definition) is 7. The van der Waals surface area contributed by atoms with Crippen LogP contribution in [0.1, 0.15) is 75.1 Å². The summed E-state index contributed by atoms with van der Waals surface area (Å²) in [4.78, 5) is 39.9. The van der Waals surface area contributed by atoms with Crippen LogP contribution in [-0.2, 0) is 16.0 Å². The van der Waals surface area contributed by atoms with Gasteiger partial charge in [0.05, 0.1) is 33.2 Å². The molecule has 208 valence electrons. The van der Waals surface area contributed by atoms with E-state index < -0.39 is 11.8 Å². The molecule has 2 aliphatic heterocycles. The van der Waals surface area contributed by atoms with Gasteiger partial charge in [-0.1, -0.05) is 33.8 Å². The van der Waals surface area contributed by atoms with Crippen molar-refractivity contribution in [2.24, 2.45) is 11.3 Å². The highest BCUT2D eigenvalue weighted by Gasteiger charge is 2.36. The van der Waals surface area contributed by atoms with Gasteiger partial charge >= 0.3 is 11.8 Å². The molecule has 0 aliphatic carbocycles. The van der Waals surface area contributed by atoms with Crippen molar-refractivity contribution >= 4 is 44.9 Å². The lowest BCUT2D eigenvalue weighted by atomic mass is 9.79. The summed E-state index contributed by atoms with van der Waals surface area (Å²) in [5.41, 5.74) is 9.50. The van der Waals surface area contributed by atoms with Crippen LogP contribution in [0.25, 0.3) is 10.2 Å². The highest BCUT2D eigenvalue weighted by molar-refractivity contribution is 7.18. The van der Waals surface area contributed by atoms with Crippen LogP contribution in [0.3, 0.4) is 0 Å². The largest absolute Gasteiger partial charge is 0.383 e. The Morgan fingerprint density at radius 1 is 1.21 bits per heavy atom. The molecule has 0 saturated carbocycles. The smallest absolute Gasteiger partial charge is 0.313 e. The minimum absolute atomic E-state index is 0.163. The molecule has 5 rings (SSSR count). The Labute approximate surface area is 235 Å². The number of nitrogens with zero attached hydrogens (tertiary/aromatic N) is 4. The van der Waals surface area contributed by atoms with Gasteiger partial charge in [0.25, 0.3) is 0 Å². The van der Waals surface area contributed by atoms with Crippen molar-refractivity contribution < 1.29 is 9.59 Å². The second-order valence-corrected chi connectivity index (χ2v) is 13.3. The van der Waals surface area contributed by atoms with E-state index in [1.165, 1.54) is 15.9 Å². The zero-order chi connectivity index (χ0) is 27.9. The van der Waals surface area contributed by atoms with Crippen LogP contribution in [0.4, 0.5) is 11.5 Å². The number of aromatic nitrogens is 2. The fraction of sp³-hybridized carbons (Fsp3) is 0.533. The lowest BCUT2D eigenvalue weighted by Crippen LogP contribution is -2.46. The number of thiazole rings is 1. The molecule has 3 atom stereocenters. The highest BCUT2D eigenvalue weighted by atomic mass is 32.1. The molecule has 0 radical (unpaired) electrons. The number of nitrogen functional groups attached to an aromatic ring is 1. The number of likely N-dealkylation sites (N-methyl/N-ethyl adjacent to an activating group) is 1. The van der Waals surface area contributed by atoms with E-state index in [-0.39, 0.29) is 11.5 Å². The Balaban J connectivity index is 1.37. The number of amides is 2. The number of rotatable bonds is 4. The van der Waals surface area contributed by atoms with Gasteiger partial charge in [0.1, 0.15) is 5.82 Å². The Bertz CT molecular complexity index is 1390. The molecule has 0 spiro atoms. The molecule has 2 fully saturated rings. The standard InChI is InChI=1S/C30H40N6O2S/c1-6-19-11-22(14-32-26(19)31)33-27(37)29(38)36-15-18(2)7-9-24(36)20-8-10-25-23(12-20)34-28(39-25)21-13-30(3,4)17-35(5)16-21/h8,10-12,14,18,21,24H,6-7,9,13,15-17H2,1-5H3,(H2,31,32)(H,33,37)/t18-,21+,24+/m0/s1. The number of piperidine rings is 2. The lowest BCUT2D eigenvalue weighted by molar-refractivity contribution is -0.146. The number of anilines is 2. The number of carbonyl (C=O) groups is 2. The van der Waals surface area contributed by atoms with Crippen molar-refractivity contribution in [2.75, 3.05) is 37.7 Å². The fourth-order valence-corrected chi connectivity index (χ4v) is 7.43. The van der Waals surface area contributed by atoms with Crippen LogP contribution < -0.4 is 11.1 Å². The molecular formula is C30H40N6O2S. The number of fused-ring (bicyclic) bond motifs is 1. The second-order valence-electron chi connectivity index (χ2n) is 12.3. The molecule has 8 nitrogen and oxygen atoms in total. The van der Waals surface area contributed by atoms with Gasteiger partial charge in [-0.15, -0.1) is 11.3 Å². The van der Waals surface area contributed by atoms with E-state index in [0.717, 1.165) is 49.0 Å². The van der Waals surface area contributed by atoms with Gasteiger partial charge in [0.2, 0.25) is 0 Å². The maximum Gasteiger partial charge on any atom is 0.313 e.